The van der Waals surface area contributed by atoms with Crippen molar-refractivity contribution in [1.29, 1.82) is 0 Å². The van der Waals surface area contributed by atoms with Gasteiger partial charge in [-0.25, -0.2) is 8.42 Å². The summed E-state index contributed by atoms with van der Waals surface area (Å²) in [5, 5.41) is 2.32. The molecule has 0 aliphatic heterocycles. The largest absolute Gasteiger partial charge is 0.361 e. The molecule has 5 rings (SSSR count). The topological polar surface area (TPSA) is 65.7 Å². The van der Waals surface area contributed by atoms with Gasteiger partial charge in [0.2, 0.25) is 0 Å². The SMILES string of the molecule is CS(=O)(=O)c1ccc(C(c2c[nH]c3ccccc23)c2c[nH]c3ccccc23)cc1. The van der Waals surface area contributed by atoms with Crippen molar-refractivity contribution < 1.29 is 8.42 Å². The molecular weight excluding hydrogens is 380 g/mol. The molecular formula is C24H20N2O2S. The molecule has 2 N–H and O–H groups in total. The predicted octanol–water partition coefficient (Wildman–Crippen LogP) is 5.23. The second-order valence-electron chi connectivity index (χ2n) is 7.35. The molecule has 2 aromatic heterocycles. The first-order valence-corrected chi connectivity index (χ1v) is 11.3. The molecule has 0 aliphatic carbocycles. The summed E-state index contributed by atoms with van der Waals surface area (Å²) in [6, 6.07) is 23.7. The fourth-order valence-corrected chi connectivity index (χ4v) is 4.73. The number of para-hydroxylation sites is 2. The molecule has 0 radical (unpaired) electrons. The van der Waals surface area contributed by atoms with E-state index in [9.17, 15) is 8.42 Å². The monoisotopic (exact) mass is 400 g/mol. The van der Waals surface area contributed by atoms with Crippen LogP contribution < -0.4 is 0 Å². The summed E-state index contributed by atoms with van der Waals surface area (Å²) in [5.41, 5.74) is 5.54. The first-order chi connectivity index (χ1) is 14.0. The number of aromatic amines is 2. The number of hydrogen-bond donors (Lipinski definition) is 2. The van der Waals surface area contributed by atoms with Crippen LogP contribution >= 0.6 is 0 Å². The van der Waals surface area contributed by atoms with E-state index in [2.05, 4.69) is 46.6 Å². The van der Waals surface area contributed by atoms with Gasteiger partial charge in [0.25, 0.3) is 0 Å². The number of sulfone groups is 1. The number of rotatable bonds is 4. The van der Waals surface area contributed by atoms with Crippen LogP contribution in [0.25, 0.3) is 21.8 Å². The summed E-state index contributed by atoms with van der Waals surface area (Å²) in [6.07, 6.45) is 5.35. The molecule has 144 valence electrons. The number of nitrogens with one attached hydrogen (secondary N) is 2. The summed E-state index contributed by atoms with van der Waals surface area (Å²) >= 11 is 0. The molecule has 0 aliphatic rings. The van der Waals surface area contributed by atoms with Gasteiger partial charge in [-0.2, -0.15) is 0 Å². The van der Waals surface area contributed by atoms with Crippen LogP contribution in [0.3, 0.4) is 0 Å². The van der Waals surface area contributed by atoms with Gasteiger partial charge in [-0.05, 0) is 41.0 Å². The van der Waals surface area contributed by atoms with E-state index in [1.807, 2.05) is 36.4 Å². The molecule has 0 saturated carbocycles. The van der Waals surface area contributed by atoms with Crippen molar-refractivity contribution in [2.75, 3.05) is 6.26 Å². The van der Waals surface area contributed by atoms with Crippen LogP contribution in [0.15, 0.2) is 90.1 Å². The molecule has 0 atom stereocenters. The number of aromatic nitrogens is 2. The van der Waals surface area contributed by atoms with Crippen molar-refractivity contribution in [3.8, 4) is 0 Å². The van der Waals surface area contributed by atoms with E-state index in [4.69, 9.17) is 0 Å². The van der Waals surface area contributed by atoms with Gasteiger partial charge in [-0.1, -0.05) is 48.5 Å². The molecule has 0 fully saturated rings. The lowest BCUT2D eigenvalue weighted by molar-refractivity contribution is 0.602. The number of hydrogen-bond acceptors (Lipinski definition) is 2. The van der Waals surface area contributed by atoms with Crippen molar-refractivity contribution in [3.05, 3.63) is 102 Å². The van der Waals surface area contributed by atoms with Crippen LogP contribution in [0.2, 0.25) is 0 Å². The van der Waals surface area contributed by atoms with E-state index < -0.39 is 9.84 Å². The highest BCUT2D eigenvalue weighted by atomic mass is 32.2. The standard InChI is InChI=1S/C24H20N2O2S/c1-29(27,28)17-12-10-16(11-13-17)24(20-14-25-22-8-4-2-6-18(20)22)21-15-26-23-9-5-3-7-19(21)23/h2-15,24-26H,1H3. The van der Waals surface area contributed by atoms with E-state index in [1.165, 1.54) is 6.26 Å². The van der Waals surface area contributed by atoms with Crippen LogP contribution in [0.1, 0.15) is 22.6 Å². The number of fused-ring (bicyclic) bond motifs is 2. The Morgan fingerprint density at radius 2 is 1.17 bits per heavy atom. The fraction of sp³-hybridized carbons (Fsp3) is 0.0833. The Labute approximate surface area is 169 Å². The van der Waals surface area contributed by atoms with Crippen LogP contribution in [-0.2, 0) is 9.84 Å². The Kier molecular flexibility index (Phi) is 4.07. The second-order valence-corrected chi connectivity index (χ2v) is 9.37. The van der Waals surface area contributed by atoms with Crippen molar-refractivity contribution in [2.24, 2.45) is 0 Å². The van der Waals surface area contributed by atoms with E-state index >= 15 is 0 Å². The quantitative estimate of drug-likeness (QED) is 0.434. The molecule has 0 saturated heterocycles. The van der Waals surface area contributed by atoms with Crippen molar-refractivity contribution in [2.45, 2.75) is 10.8 Å². The highest BCUT2D eigenvalue weighted by Gasteiger charge is 2.23. The first kappa shape index (κ1) is 17.8. The van der Waals surface area contributed by atoms with E-state index in [-0.39, 0.29) is 5.92 Å². The normalized spacial score (nSPS) is 12.2. The lowest BCUT2D eigenvalue weighted by Gasteiger charge is -2.18. The highest BCUT2D eigenvalue weighted by molar-refractivity contribution is 7.90. The maximum atomic E-state index is 11.9. The first-order valence-electron chi connectivity index (χ1n) is 9.44. The molecule has 0 amide bonds. The van der Waals surface area contributed by atoms with Gasteiger partial charge in [-0.3, -0.25) is 0 Å². The van der Waals surface area contributed by atoms with E-state index in [0.717, 1.165) is 38.5 Å². The Morgan fingerprint density at radius 1 is 0.690 bits per heavy atom. The van der Waals surface area contributed by atoms with Gasteiger partial charge in [0.05, 0.1) is 4.90 Å². The zero-order chi connectivity index (χ0) is 20.0. The Morgan fingerprint density at radius 3 is 1.66 bits per heavy atom. The van der Waals surface area contributed by atoms with Crippen LogP contribution in [0.5, 0.6) is 0 Å². The summed E-state index contributed by atoms with van der Waals surface area (Å²) in [7, 11) is -3.23. The fourth-order valence-electron chi connectivity index (χ4n) is 4.10. The molecule has 0 bridgehead atoms. The smallest absolute Gasteiger partial charge is 0.175 e. The van der Waals surface area contributed by atoms with Gasteiger partial charge < -0.3 is 9.97 Å². The van der Waals surface area contributed by atoms with Crippen LogP contribution in [0.4, 0.5) is 0 Å². The predicted molar refractivity (Wildman–Crippen MR) is 117 cm³/mol. The molecule has 0 unspecified atom stereocenters. The average molecular weight is 401 g/mol. The third kappa shape index (κ3) is 3.04. The lowest BCUT2D eigenvalue weighted by Crippen LogP contribution is -2.04. The maximum absolute atomic E-state index is 11.9. The number of H-pyrrole nitrogens is 2. The Balaban J connectivity index is 1.76. The second kappa shape index (κ2) is 6.64. The summed E-state index contributed by atoms with van der Waals surface area (Å²) < 4.78 is 23.8. The molecule has 5 heteroatoms. The minimum absolute atomic E-state index is 0.0316. The molecule has 5 aromatic rings. The summed E-state index contributed by atoms with van der Waals surface area (Å²) in [6.45, 7) is 0. The van der Waals surface area contributed by atoms with Crippen LogP contribution in [-0.4, -0.2) is 24.6 Å². The minimum atomic E-state index is -3.23. The van der Waals surface area contributed by atoms with Gasteiger partial charge in [0.1, 0.15) is 0 Å². The highest BCUT2D eigenvalue weighted by Crippen LogP contribution is 2.39. The van der Waals surface area contributed by atoms with Gasteiger partial charge in [0.15, 0.2) is 9.84 Å². The van der Waals surface area contributed by atoms with Gasteiger partial charge >= 0.3 is 0 Å². The lowest BCUT2D eigenvalue weighted by atomic mass is 9.85. The Bertz CT molecular complexity index is 1350. The zero-order valence-electron chi connectivity index (χ0n) is 15.9. The molecule has 4 nitrogen and oxygen atoms in total. The van der Waals surface area contributed by atoms with Gasteiger partial charge in [0, 0.05) is 46.4 Å². The third-order valence-electron chi connectivity index (χ3n) is 5.51. The summed E-state index contributed by atoms with van der Waals surface area (Å²) in [5.74, 6) is -0.0316. The molecule has 3 aromatic carbocycles. The van der Waals surface area contributed by atoms with Gasteiger partial charge in [-0.15, -0.1) is 0 Å². The number of benzene rings is 3. The Hall–Kier alpha value is -3.31. The molecule has 29 heavy (non-hydrogen) atoms. The third-order valence-corrected chi connectivity index (χ3v) is 6.63. The molecule has 0 spiro atoms. The van der Waals surface area contributed by atoms with E-state index in [1.54, 1.807) is 12.1 Å². The van der Waals surface area contributed by atoms with E-state index in [0.29, 0.717) is 4.90 Å². The zero-order valence-corrected chi connectivity index (χ0v) is 16.7. The summed E-state index contributed by atoms with van der Waals surface area (Å²) in [4.78, 5) is 7.09. The van der Waals surface area contributed by atoms with Crippen molar-refractivity contribution >= 4 is 31.6 Å². The van der Waals surface area contributed by atoms with Crippen LogP contribution in [0, 0.1) is 0 Å². The maximum Gasteiger partial charge on any atom is 0.175 e. The van der Waals surface area contributed by atoms with Crippen molar-refractivity contribution in [3.63, 3.8) is 0 Å². The van der Waals surface area contributed by atoms with Crippen molar-refractivity contribution in [1.82, 2.24) is 9.97 Å². The average Bonchev–Trinajstić information content (AvgIpc) is 3.34. The minimum Gasteiger partial charge on any atom is -0.361 e. The molecule has 2 heterocycles.